The summed E-state index contributed by atoms with van der Waals surface area (Å²) in [5.74, 6) is -0.137. The van der Waals surface area contributed by atoms with Crippen LogP contribution < -0.4 is 10.6 Å². The van der Waals surface area contributed by atoms with Crippen molar-refractivity contribution < 1.29 is 4.79 Å². The highest BCUT2D eigenvalue weighted by molar-refractivity contribution is 6.04. The van der Waals surface area contributed by atoms with Crippen LogP contribution in [0.3, 0.4) is 0 Å². The van der Waals surface area contributed by atoms with E-state index in [1.807, 2.05) is 37.3 Å². The van der Waals surface area contributed by atoms with Crippen molar-refractivity contribution in [3.05, 3.63) is 59.4 Å². The first-order valence-corrected chi connectivity index (χ1v) is 6.71. The average molecular weight is 269 g/mol. The Morgan fingerprint density at radius 3 is 2.85 bits per heavy atom. The first-order chi connectivity index (χ1) is 9.69. The fourth-order valence-electron chi connectivity index (χ4n) is 1.91. The normalized spacial score (nSPS) is 10.3. The highest BCUT2D eigenvalue weighted by atomic mass is 16.1. The maximum absolute atomic E-state index is 12.1. The van der Waals surface area contributed by atoms with Gasteiger partial charge in [-0.15, -0.1) is 0 Å². The van der Waals surface area contributed by atoms with Crippen LogP contribution in [0.5, 0.6) is 0 Å². The van der Waals surface area contributed by atoms with Gasteiger partial charge in [-0.05, 0) is 42.8 Å². The van der Waals surface area contributed by atoms with Gasteiger partial charge < -0.3 is 10.6 Å². The van der Waals surface area contributed by atoms with Gasteiger partial charge in [-0.25, -0.2) is 0 Å². The predicted molar refractivity (Wildman–Crippen MR) is 80.7 cm³/mol. The molecule has 0 saturated heterocycles. The second-order valence-electron chi connectivity index (χ2n) is 4.69. The number of aryl methyl sites for hydroxylation is 1. The number of anilines is 1. The van der Waals surface area contributed by atoms with Gasteiger partial charge in [0, 0.05) is 24.6 Å². The first-order valence-electron chi connectivity index (χ1n) is 6.71. The molecule has 104 valence electrons. The summed E-state index contributed by atoms with van der Waals surface area (Å²) in [5, 5.41) is 6.16. The first kappa shape index (κ1) is 14.2. The standard InChI is InChI=1S/C16H19N3O/c1-3-17-10-13-5-4-6-15(8-13)19-16(20)14-7-12(2)9-18-11-14/h4-9,11,17H,3,10H2,1-2H3,(H,19,20). The van der Waals surface area contributed by atoms with Gasteiger partial charge in [-0.3, -0.25) is 9.78 Å². The smallest absolute Gasteiger partial charge is 0.257 e. The summed E-state index contributed by atoms with van der Waals surface area (Å²) < 4.78 is 0. The zero-order valence-electron chi connectivity index (χ0n) is 11.8. The quantitative estimate of drug-likeness (QED) is 0.877. The summed E-state index contributed by atoms with van der Waals surface area (Å²) in [4.78, 5) is 16.2. The minimum Gasteiger partial charge on any atom is -0.322 e. The topological polar surface area (TPSA) is 54.0 Å². The number of carbonyl (C=O) groups excluding carboxylic acids is 1. The number of rotatable bonds is 5. The molecule has 1 aromatic heterocycles. The van der Waals surface area contributed by atoms with Crippen LogP contribution >= 0.6 is 0 Å². The largest absolute Gasteiger partial charge is 0.322 e. The van der Waals surface area contributed by atoms with Crippen molar-refractivity contribution in [1.29, 1.82) is 0 Å². The number of carbonyl (C=O) groups is 1. The number of aromatic nitrogens is 1. The second kappa shape index (κ2) is 6.82. The lowest BCUT2D eigenvalue weighted by Crippen LogP contribution is -2.14. The molecule has 2 rings (SSSR count). The molecule has 20 heavy (non-hydrogen) atoms. The van der Waals surface area contributed by atoms with Gasteiger partial charge in [-0.2, -0.15) is 0 Å². The predicted octanol–water partition coefficient (Wildman–Crippen LogP) is 2.75. The molecule has 0 unspecified atom stereocenters. The van der Waals surface area contributed by atoms with E-state index in [4.69, 9.17) is 0 Å². The molecule has 0 aliphatic rings. The third-order valence-corrected chi connectivity index (χ3v) is 2.90. The number of amides is 1. The minimum absolute atomic E-state index is 0.137. The van der Waals surface area contributed by atoms with Gasteiger partial charge in [0.05, 0.1) is 5.56 Å². The van der Waals surface area contributed by atoms with Gasteiger partial charge >= 0.3 is 0 Å². The molecule has 0 atom stereocenters. The Labute approximate surface area is 119 Å². The summed E-state index contributed by atoms with van der Waals surface area (Å²) in [7, 11) is 0. The monoisotopic (exact) mass is 269 g/mol. The van der Waals surface area contributed by atoms with E-state index in [0.717, 1.165) is 29.9 Å². The zero-order chi connectivity index (χ0) is 14.4. The molecule has 0 fully saturated rings. The minimum atomic E-state index is -0.137. The van der Waals surface area contributed by atoms with Gasteiger partial charge in [0.1, 0.15) is 0 Å². The average Bonchev–Trinajstić information content (AvgIpc) is 2.45. The molecule has 1 heterocycles. The summed E-state index contributed by atoms with van der Waals surface area (Å²) in [6, 6.07) is 9.66. The molecule has 0 saturated carbocycles. The molecule has 4 heteroatoms. The Bertz CT molecular complexity index is 596. The zero-order valence-corrected chi connectivity index (χ0v) is 11.8. The van der Waals surface area contributed by atoms with Gasteiger partial charge in [-0.1, -0.05) is 19.1 Å². The van der Waals surface area contributed by atoms with Crippen LogP contribution in [0.4, 0.5) is 5.69 Å². The summed E-state index contributed by atoms with van der Waals surface area (Å²) >= 11 is 0. The fraction of sp³-hybridized carbons (Fsp3) is 0.250. The Balaban J connectivity index is 2.07. The maximum atomic E-state index is 12.1. The van der Waals surface area contributed by atoms with Crippen LogP contribution in [-0.4, -0.2) is 17.4 Å². The molecule has 0 spiro atoms. The fourth-order valence-corrected chi connectivity index (χ4v) is 1.91. The number of hydrogen-bond donors (Lipinski definition) is 2. The van der Waals surface area contributed by atoms with Crippen molar-refractivity contribution in [2.45, 2.75) is 20.4 Å². The Morgan fingerprint density at radius 1 is 1.25 bits per heavy atom. The SMILES string of the molecule is CCNCc1cccc(NC(=O)c2cncc(C)c2)c1. The third-order valence-electron chi connectivity index (χ3n) is 2.90. The van der Waals surface area contributed by atoms with E-state index >= 15 is 0 Å². The lowest BCUT2D eigenvalue weighted by molar-refractivity contribution is 0.102. The van der Waals surface area contributed by atoms with E-state index in [2.05, 4.69) is 22.5 Å². The van der Waals surface area contributed by atoms with Crippen molar-refractivity contribution in [1.82, 2.24) is 10.3 Å². The molecule has 0 radical (unpaired) electrons. The van der Waals surface area contributed by atoms with E-state index in [0.29, 0.717) is 5.56 Å². The molecule has 1 amide bonds. The van der Waals surface area contributed by atoms with Crippen molar-refractivity contribution >= 4 is 11.6 Å². The Kier molecular flexibility index (Phi) is 4.85. The lowest BCUT2D eigenvalue weighted by atomic mass is 10.1. The second-order valence-corrected chi connectivity index (χ2v) is 4.69. The van der Waals surface area contributed by atoms with Crippen molar-refractivity contribution in [3.8, 4) is 0 Å². The lowest BCUT2D eigenvalue weighted by Gasteiger charge is -2.08. The molecule has 1 aromatic carbocycles. The van der Waals surface area contributed by atoms with Crippen LogP contribution in [0.1, 0.15) is 28.4 Å². The van der Waals surface area contributed by atoms with Gasteiger partial charge in [0.15, 0.2) is 0 Å². The number of nitrogens with zero attached hydrogens (tertiary/aromatic N) is 1. The van der Waals surface area contributed by atoms with Crippen LogP contribution in [0, 0.1) is 6.92 Å². The van der Waals surface area contributed by atoms with Crippen molar-refractivity contribution in [2.75, 3.05) is 11.9 Å². The number of nitrogens with one attached hydrogen (secondary N) is 2. The summed E-state index contributed by atoms with van der Waals surface area (Å²) in [5.41, 5.74) is 3.49. The highest BCUT2D eigenvalue weighted by Gasteiger charge is 2.06. The highest BCUT2D eigenvalue weighted by Crippen LogP contribution is 2.12. The van der Waals surface area contributed by atoms with E-state index in [9.17, 15) is 4.79 Å². The van der Waals surface area contributed by atoms with E-state index in [-0.39, 0.29) is 5.91 Å². The molecule has 0 aliphatic heterocycles. The van der Waals surface area contributed by atoms with Crippen LogP contribution in [0.2, 0.25) is 0 Å². The van der Waals surface area contributed by atoms with Crippen molar-refractivity contribution in [3.63, 3.8) is 0 Å². The number of benzene rings is 1. The molecule has 2 aromatic rings. The van der Waals surface area contributed by atoms with E-state index < -0.39 is 0 Å². The molecule has 0 aliphatic carbocycles. The van der Waals surface area contributed by atoms with Gasteiger partial charge in [0.2, 0.25) is 0 Å². The number of hydrogen-bond acceptors (Lipinski definition) is 3. The number of pyridine rings is 1. The molecule has 4 nitrogen and oxygen atoms in total. The van der Waals surface area contributed by atoms with Crippen LogP contribution in [0.25, 0.3) is 0 Å². The van der Waals surface area contributed by atoms with Gasteiger partial charge in [0.25, 0.3) is 5.91 Å². The van der Waals surface area contributed by atoms with E-state index in [1.165, 1.54) is 0 Å². The third kappa shape index (κ3) is 3.90. The van der Waals surface area contributed by atoms with Crippen LogP contribution in [0.15, 0.2) is 42.7 Å². The van der Waals surface area contributed by atoms with Crippen molar-refractivity contribution in [2.24, 2.45) is 0 Å². The van der Waals surface area contributed by atoms with E-state index in [1.54, 1.807) is 12.4 Å². The molecule has 2 N–H and O–H groups in total. The maximum Gasteiger partial charge on any atom is 0.257 e. The summed E-state index contributed by atoms with van der Waals surface area (Å²) in [6.45, 7) is 5.70. The molecule has 0 bridgehead atoms. The van der Waals surface area contributed by atoms with Crippen LogP contribution in [-0.2, 0) is 6.54 Å². The Hall–Kier alpha value is -2.20. The molecular weight excluding hydrogens is 250 g/mol. The molecular formula is C16H19N3O. The summed E-state index contributed by atoms with van der Waals surface area (Å²) in [6.07, 6.45) is 3.30. The Morgan fingerprint density at radius 2 is 2.10 bits per heavy atom.